The predicted molar refractivity (Wildman–Crippen MR) is 91.6 cm³/mol. The van der Waals surface area contributed by atoms with Gasteiger partial charge in [0.15, 0.2) is 0 Å². The monoisotopic (exact) mass is 360 g/mol. The van der Waals surface area contributed by atoms with Gasteiger partial charge in [0.25, 0.3) is 0 Å². The van der Waals surface area contributed by atoms with Crippen LogP contribution in [0.2, 0.25) is 0 Å². The van der Waals surface area contributed by atoms with Crippen molar-refractivity contribution in [3.63, 3.8) is 0 Å². The zero-order chi connectivity index (χ0) is 17.8. The summed E-state index contributed by atoms with van der Waals surface area (Å²) >= 11 is 0. The molecule has 0 amide bonds. The van der Waals surface area contributed by atoms with Crippen LogP contribution in [-0.2, 0) is 23.8 Å². The highest BCUT2D eigenvalue weighted by molar-refractivity contribution is 7.81. The van der Waals surface area contributed by atoms with E-state index in [1.165, 1.54) is 37.8 Å². The van der Waals surface area contributed by atoms with Gasteiger partial charge in [-0.1, -0.05) is 61.9 Å². The Bertz CT molecular complexity index is 541. The molecular weight excluding hydrogens is 332 g/mol. The fraction of sp³-hybridized carbons (Fsp3) is 0.647. The van der Waals surface area contributed by atoms with Crippen LogP contribution in [0.25, 0.3) is 0 Å². The summed E-state index contributed by atoms with van der Waals surface area (Å²) in [7, 11) is -4.17. The topological polar surface area (TPSA) is 82.1 Å². The normalized spacial score (nSPS) is 13.1. The molecule has 0 fully saturated rings. The van der Waals surface area contributed by atoms with Crippen LogP contribution in [-0.4, -0.2) is 20.1 Å². The number of phenols is 1. The molecule has 7 heteroatoms. The highest BCUT2D eigenvalue weighted by Crippen LogP contribution is 2.20. The number of aromatic hydroxyl groups is 1. The molecule has 0 aliphatic heterocycles. The van der Waals surface area contributed by atoms with Gasteiger partial charge in [-0.3, -0.25) is 0 Å². The molecule has 0 aromatic heterocycles. The van der Waals surface area contributed by atoms with Gasteiger partial charge in [0.2, 0.25) is 0 Å². The minimum atomic E-state index is -4.17. The van der Waals surface area contributed by atoms with E-state index in [9.17, 15) is 13.5 Å². The van der Waals surface area contributed by atoms with Gasteiger partial charge in [-0.2, -0.15) is 8.42 Å². The molecule has 1 atom stereocenters. The third kappa shape index (κ3) is 9.22. The third-order valence-electron chi connectivity index (χ3n) is 3.61. The Morgan fingerprint density at radius 3 is 2.21 bits per heavy atom. The number of benzene rings is 1. The zero-order valence-electron chi connectivity index (χ0n) is 14.4. The molecule has 0 radical (unpaired) electrons. The molecule has 1 rings (SSSR count). The number of hydrogen-bond donors (Lipinski definition) is 1. The van der Waals surface area contributed by atoms with Gasteiger partial charge in [-0.25, -0.2) is 9.07 Å². The lowest BCUT2D eigenvalue weighted by Crippen LogP contribution is -2.13. The lowest BCUT2D eigenvalue weighted by Gasteiger charge is -2.12. The maximum atomic E-state index is 11.6. The molecule has 0 aliphatic carbocycles. The molecule has 0 spiro atoms. The highest BCUT2D eigenvalue weighted by Gasteiger charge is 2.16. The van der Waals surface area contributed by atoms with Crippen LogP contribution in [0.4, 0.5) is 0 Å². The smallest absolute Gasteiger partial charge is 0.426 e. The van der Waals surface area contributed by atoms with Gasteiger partial charge < -0.3 is 5.11 Å². The fourth-order valence-electron chi connectivity index (χ4n) is 2.15. The zero-order valence-corrected chi connectivity index (χ0v) is 15.3. The van der Waals surface area contributed by atoms with Gasteiger partial charge in [0.1, 0.15) is 11.9 Å². The van der Waals surface area contributed by atoms with E-state index >= 15 is 0 Å². The SMILES string of the molecule is CCCCCCCCCOS(=O)(=O)OOC(C)c1ccc(O)cc1. The minimum Gasteiger partial charge on any atom is -0.508 e. The summed E-state index contributed by atoms with van der Waals surface area (Å²) in [5.74, 6) is 0.123. The van der Waals surface area contributed by atoms with Gasteiger partial charge >= 0.3 is 10.4 Å². The molecule has 0 aliphatic rings. The molecule has 0 bridgehead atoms. The van der Waals surface area contributed by atoms with E-state index in [0.717, 1.165) is 12.8 Å². The first kappa shape index (κ1) is 20.9. The summed E-state index contributed by atoms with van der Waals surface area (Å²) in [6.45, 7) is 3.90. The first-order chi connectivity index (χ1) is 11.4. The molecule has 1 aromatic carbocycles. The van der Waals surface area contributed by atoms with Crippen LogP contribution in [0.15, 0.2) is 24.3 Å². The van der Waals surface area contributed by atoms with Crippen LogP contribution in [0, 0.1) is 0 Å². The molecule has 1 N–H and O–H groups in total. The standard InChI is InChI=1S/C17H28O6S/c1-3-4-5-6-7-8-9-14-21-24(19,20)23-22-15(2)16-10-12-17(18)13-11-16/h10-13,15,18H,3-9,14H2,1-2H3. The van der Waals surface area contributed by atoms with Gasteiger partial charge in [-0.15, -0.1) is 0 Å². The second-order valence-corrected chi connectivity index (χ2v) is 6.94. The lowest BCUT2D eigenvalue weighted by molar-refractivity contribution is -0.245. The first-order valence-electron chi connectivity index (χ1n) is 8.48. The Hall–Kier alpha value is -1.15. The summed E-state index contributed by atoms with van der Waals surface area (Å²) < 4.78 is 32.3. The number of unbranched alkanes of at least 4 members (excludes halogenated alkanes) is 6. The van der Waals surface area contributed by atoms with E-state index in [1.54, 1.807) is 19.1 Å². The van der Waals surface area contributed by atoms with Crippen molar-refractivity contribution in [2.75, 3.05) is 6.61 Å². The largest absolute Gasteiger partial charge is 0.508 e. The highest BCUT2D eigenvalue weighted by atomic mass is 32.3. The maximum Gasteiger partial charge on any atom is 0.426 e. The van der Waals surface area contributed by atoms with Crippen molar-refractivity contribution in [3.8, 4) is 5.75 Å². The average molecular weight is 360 g/mol. The van der Waals surface area contributed by atoms with Gasteiger partial charge in [0, 0.05) is 0 Å². The summed E-state index contributed by atoms with van der Waals surface area (Å²) in [6, 6.07) is 6.21. The van der Waals surface area contributed by atoms with E-state index in [0.29, 0.717) is 12.0 Å². The van der Waals surface area contributed by atoms with Crippen LogP contribution < -0.4 is 0 Å². The minimum absolute atomic E-state index is 0.0903. The summed E-state index contributed by atoms with van der Waals surface area (Å²) in [6.07, 6.45) is 6.93. The van der Waals surface area contributed by atoms with E-state index in [2.05, 4.69) is 11.3 Å². The molecule has 0 heterocycles. The number of hydrogen-bond acceptors (Lipinski definition) is 6. The van der Waals surface area contributed by atoms with Crippen molar-refractivity contribution < 1.29 is 26.9 Å². The average Bonchev–Trinajstić information content (AvgIpc) is 2.56. The van der Waals surface area contributed by atoms with Crippen molar-refractivity contribution in [3.05, 3.63) is 29.8 Å². The van der Waals surface area contributed by atoms with Crippen molar-refractivity contribution >= 4 is 10.4 Å². The molecule has 1 unspecified atom stereocenters. The van der Waals surface area contributed by atoms with E-state index in [1.807, 2.05) is 0 Å². The first-order valence-corrected chi connectivity index (χ1v) is 9.81. The van der Waals surface area contributed by atoms with Crippen LogP contribution >= 0.6 is 0 Å². The molecule has 6 nitrogen and oxygen atoms in total. The molecular formula is C17H28O6S. The lowest BCUT2D eigenvalue weighted by atomic mass is 10.1. The quantitative estimate of drug-likeness (QED) is 0.319. The Kier molecular flexibility index (Phi) is 9.94. The Morgan fingerprint density at radius 2 is 1.58 bits per heavy atom. The second kappa shape index (κ2) is 11.4. The van der Waals surface area contributed by atoms with Crippen molar-refractivity contribution in [2.45, 2.75) is 64.9 Å². The van der Waals surface area contributed by atoms with Crippen molar-refractivity contribution in [1.82, 2.24) is 0 Å². The van der Waals surface area contributed by atoms with Crippen molar-refractivity contribution in [2.24, 2.45) is 0 Å². The second-order valence-electron chi connectivity index (χ2n) is 5.75. The fourth-order valence-corrected chi connectivity index (χ4v) is 2.72. The molecule has 24 heavy (non-hydrogen) atoms. The summed E-state index contributed by atoms with van der Waals surface area (Å²) in [5, 5.41) is 9.21. The van der Waals surface area contributed by atoms with Crippen LogP contribution in [0.5, 0.6) is 5.75 Å². The molecule has 1 aromatic rings. The molecule has 138 valence electrons. The third-order valence-corrected chi connectivity index (χ3v) is 4.31. The van der Waals surface area contributed by atoms with Crippen molar-refractivity contribution in [1.29, 1.82) is 0 Å². The van der Waals surface area contributed by atoms with Crippen LogP contribution in [0.1, 0.15) is 70.5 Å². The molecule has 0 saturated carbocycles. The summed E-state index contributed by atoms with van der Waals surface area (Å²) in [5.41, 5.74) is 0.676. The molecule has 0 saturated heterocycles. The Labute approximate surface area is 145 Å². The van der Waals surface area contributed by atoms with E-state index in [-0.39, 0.29) is 12.4 Å². The number of phenolic OH excluding ortho intramolecular Hbond substituents is 1. The maximum absolute atomic E-state index is 11.6. The summed E-state index contributed by atoms with van der Waals surface area (Å²) in [4.78, 5) is 4.86. The predicted octanol–water partition coefficient (Wildman–Crippen LogP) is 4.41. The Morgan fingerprint density at radius 1 is 1.00 bits per heavy atom. The van der Waals surface area contributed by atoms with Crippen LogP contribution in [0.3, 0.4) is 0 Å². The van der Waals surface area contributed by atoms with E-state index in [4.69, 9.17) is 9.07 Å². The van der Waals surface area contributed by atoms with E-state index < -0.39 is 16.5 Å². The Balaban J connectivity index is 2.18. The van der Waals surface area contributed by atoms with Gasteiger partial charge in [0.05, 0.1) is 6.61 Å². The number of rotatable bonds is 13. The van der Waals surface area contributed by atoms with Gasteiger partial charge in [-0.05, 0) is 31.0 Å².